The third-order valence-electron chi connectivity index (χ3n) is 9.44. The summed E-state index contributed by atoms with van der Waals surface area (Å²) in [6.07, 6.45) is 35.9. The number of ketones is 1. The van der Waals surface area contributed by atoms with E-state index >= 15 is 0 Å². The van der Waals surface area contributed by atoms with Crippen LogP contribution in [-0.4, -0.2) is 77.5 Å². The van der Waals surface area contributed by atoms with E-state index in [0.29, 0.717) is 38.5 Å². The molecule has 1 saturated carbocycles. The van der Waals surface area contributed by atoms with Crippen LogP contribution in [0, 0.1) is 11.8 Å². The number of carbonyl (C=O) groups is 3. The van der Waals surface area contributed by atoms with Gasteiger partial charge < -0.3 is 30.3 Å². The van der Waals surface area contributed by atoms with Gasteiger partial charge in [0.15, 0.2) is 6.10 Å². The number of rotatable bonds is 35. The molecule has 0 saturated heterocycles. The van der Waals surface area contributed by atoms with E-state index in [-0.39, 0.29) is 50.7 Å². The molecule has 1 aliphatic rings. The first-order valence-electron chi connectivity index (χ1n) is 21.5. The fraction of sp³-hybridized carbons (Fsp3) is 0.667. The molecule has 12 nitrogen and oxygen atoms in total. The zero-order valence-electron chi connectivity index (χ0n) is 35.2. The van der Waals surface area contributed by atoms with Crippen molar-refractivity contribution in [2.24, 2.45) is 17.6 Å². The van der Waals surface area contributed by atoms with Crippen LogP contribution in [0.1, 0.15) is 136 Å². The van der Waals surface area contributed by atoms with E-state index in [9.17, 15) is 34.1 Å². The molecule has 0 heterocycles. The fourth-order valence-electron chi connectivity index (χ4n) is 6.14. The van der Waals surface area contributed by atoms with Gasteiger partial charge in [-0.1, -0.05) is 119 Å². The molecule has 0 aromatic carbocycles. The van der Waals surface area contributed by atoms with Crippen molar-refractivity contribution < 1.29 is 52.6 Å². The average molecular weight is 836 g/mol. The number of phosphoric acid groups is 1. The monoisotopic (exact) mass is 835 g/mol. The van der Waals surface area contributed by atoms with E-state index in [4.69, 9.17) is 24.3 Å². The van der Waals surface area contributed by atoms with Crippen molar-refractivity contribution in [2.75, 3.05) is 26.4 Å². The Hall–Kier alpha value is -2.96. The van der Waals surface area contributed by atoms with Gasteiger partial charge in [0.25, 0.3) is 0 Å². The summed E-state index contributed by atoms with van der Waals surface area (Å²) in [6, 6.07) is 0. The normalized spacial score (nSPS) is 19.8. The number of phosphoric ester groups is 1. The summed E-state index contributed by atoms with van der Waals surface area (Å²) in [4.78, 5) is 47.5. The minimum Gasteiger partial charge on any atom is -0.462 e. The molecular formula is C45H74NO11P. The van der Waals surface area contributed by atoms with Crippen LogP contribution in [0.2, 0.25) is 0 Å². The van der Waals surface area contributed by atoms with Crippen LogP contribution < -0.4 is 5.73 Å². The quantitative estimate of drug-likeness (QED) is 0.0206. The summed E-state index contributed by atoms with van der Waals surface area (Å²) in [6.45, 7) is 3.20. The van der Waals surface area contributed by atoms with Crippen LogP contribution in [0.5, 0.6) is 0 Å². The predicted molar refractivity (Wildman–Crippen MR) is 230 cm³/mol. The van der Waals surface area contributed by atoms with Gasteiger partial charge >= 0.3 is 19.8 Å². The number of unbranched alkanes of at least 4 members (excludes halogenated alkanes) is 7. The van der Waals surface area contributed by atoms with Crippen LogP contribution in [-0.2, 0) is 37.5 Å². The molecule has 0 bridgehead atoms. The van der Waals surface area contributed by atoms with Gasteiger partial charge in [0.1, 0.15) is 12.4 Å². The number of carbonyl (C=O) groups excluding carboxylic acids is 3. The Bertz CT molecular complexity index is 1340. The highest BCUT2D eigenvalue weighted by Crippen LogP contribution is 2.43. The van der Waals surface area contributed by atoms with Crippen molar-refractivity contribution in [3.63, 3.8) is 0 Å². The molecule has 1 fully saturated rings. The number of Topliss-reactive ketones (excluding diaryl/α,β-unsaturated/α-hetero) is 1. The third kappa shape index (κ3) is 28.5. The van der Waals surface area contributed by atoms with Crippen molar-refractivity contribution in [1.29, 1.82) is 0 Å². The van der Waals surface area contributed by atoms with Crippen molar-refractivity contribution in [2.45, 2.75) is 154 Å². The van der Waals surface area contributed by atoms with Gasteiger partial charge in [0.2, 0.25) is 0 Å². The Morgan fingerprint density at radius 1 is 0.793 bits per heavy atom. The van der Waals surface area contributed by atoms with Gasteiger partial charge in [-0.15, -0.1) is 0 Å². The minimum atomic E-state index is -4.46. The van der Waals surface area contributed by atoms with E-state index in [1.54, 1.807) is 12.2 Å². The first kappa shape index (κ1) is 53.1. The molecule has 1 aliphatic carbocycles. The highest BCUT2D eigenvalue weighted by Gasteiger charge is 2.39. The van der Waals surface area contributed by atoms with Gasteiger partial charge in [-0.05, 0) is 70.6 Å². The molecule has 0 amide bonds. The maximum atomic E-state index is 12.6. The Morgan fingerprint density at radius 2 is 1.36 bits per heavy atom. The maximum Gasteiger partial charge on any atom is 0.472 e. The topological polar surface area (TPSA) is 192 Å². The van der Waals surface area contributed by atoms with Crippen LogP contribution in [0.4, 0.5) is 0 Å². The van der Waals surface area contributed by atoms with E-state index in [1.807, 2.05) is 24.3 Å². The zero-order valence-corrected chi connectivity index (χ0v) is 36.1. The molecule has 0 spiro atoms. The van der Waals surface area contributed by atoms with Crippen LogP contribution in [0.15, 0.2) is 72.9 Å². The van der Waals surface area contributed by atoms with E-state index in [2.05, 4.69) is 50.3 Å². The molecular weight excluding hydrogens is 761 g/mol. The number of esters is 2. The third-order valence-corrected chi connectivity index (χ3v) is 10.4. The molecule has 0 aromatic rings. The summed E-state index contributed by atoms with van der Waals surface area (Å²) < 4.78 is 32.6. The molecule has 0 aromatic heterocycles. The van der Waals surface area contributed by atoms with Crippen molar-refractivity contribution in [3.8, 4) is 0 Å². The molecule has 330 valence electrons. The summed E-state index contributed by atoms with van der Waals surface area (Å²) in [5, 5.41) is 20.7. The number of aliphatic hydroxyl groups excluding tert-OH is 2. The van der Waals surface area contributed by atoms with Crippen molar-refractivity contribution in [3.05, 3.63) is 72.9 Å². The van der Waals surface area contributed by atoms with Crippen LogP contribution in [0.25, 0.3) is 0 Å². The first-order valence-corrected chi connectivity index (χ1v) is 23.0. The minimum absolute atomic E-state index is 0.00288. The molecule has 0 radical (unpaired) electrons. The summed E-state index contributed by atoms with van der Waals surface area (Å²) in [5.41, 5.74) is 5.33. The summed E-state index contributed by atoms with van der Waals surface area (Å²) >= 11 is 0. The highest BCUT2D eigenvalue weighted by atomic mass is 31.2. The number of aliphatic hydroxyl groups is 2. The lowest BCUT2D eigenvalue weighted by molar-refractivity contribution is -0.161. The SMILES string of the molecule is CCCCC/C=C\C/C=C\C/C=C\C/C=C\CCCC(=O)O[C@H](COC(=O)CCC/C=C\C[C@H]1[C@@H](O)CC(=O)[C@@H]1/C=C/[C@@H](O)CCCCC)COP(=O)(O)OCCN. The van der Waals surface area contributed by atoms with E-state index < -0.39 is 50.6 Å². The van der Waals surface area contributed by atoms with E-state index in [0.717, 1.165) is 44.9 Å². The predicted octanol–water partition coefficient (Wildman–Crippen LogP) is 8.86. The molecule has 1 rings (SSSR count). The Balaban J connectivity index is 2.46. The summed E-state index contributed by atoms with van der Waals surface area (Å²) in [7, 11) is -4.46. The highest BCUT2D eigenvalue weighted by molar-refractivity contribution is 7.47. The van der Waals surface area contributed by atoms with Crippen molar-refractivity contribution in [1.82, 2.24) is 0 Å². The van der Waals surface area contributed by atoms with Gasteiger partial charge in [-0.25, -0.2) is 4.57 Å². The average Bonchev–Trinajstić information content (AvgIpc) is 3.47. The first-order chi connectivity index (χ1) is 28.0. The standard InChI is InChI=1S/C45H74NO11P/c1-3-5-7-8-9-10-11-12-13-14-15-16-17-18-19-20-26-30-45(51)57-39(37-56-58(52,53)55-34-33-46)36-54-44(50)29-25-22-21-24-28-40-41(43(49)35-42(40)48)32-31-38(47)27-23-6-4-2/h9-10,12-13,15-16,18-19,21,24,31-32,38-42,47-48H,3-8,11,14,17,20,22-23,25-30,33-37,46H2,1-2H3,(H,52,53)/b10-9-,13-12-,16-15-,19-18-,24-21-,32-31+/t38-,39+,40+,41+,42-/m0/s1. The van der Waals surface area contributed by atoms with Crippen LogP contribution in [0.3, 0.4) is 0 Å². The number of hydrogen-bond donors (Lipinski definition) is 4. The molecule has 58 heavy (non-hydrogen) atoms. The van der Waals surface area contributed by atoms with Gasteiger partial charge in [-0.2, -0.15) is 0 Å². The van der Waals surface area contributed by atoms with Crippen molar-refractivity contribution >= 4 is 25.5 Å². The lowest BCUT2D eigenvalue weighted by Crippen LogP contribution is -2.29. The Kier molecular flexibility index (Phi) is 31.9. The molecule has 1 unspecified atom stereocenters. The second kappa shape index (κ2) is 34.9. The van der Waals surface area contributed by atoms with Gasteiger partial charge in [0, 0.05) is 37.6 Å². The summed E-state index contributed by atoms with van der Waals surface area (Å²) in [5.74, 6) is -1.85. The molecule has 6 atom stereocenters. The zero-order chi connectivity index (χ0) is 42.7. The number of allylic oxidation sites excluding steroid dienone is 11. The molecule has 13 heteroatoms. The lowest BCUT2D eigenvalue weighted by atomic mass is 9.90. The maximum absolute atomic E-state index is 12.6. The smallest absolute Gasteiger partial charge is 0.462 e. The number of hydrogen-bond acceptors (Lipinski definition) is 11. The second-order valence-electron chi connectivity index (χ2n) is 14.6. The molecule has 5 N–H and O–H groups in total. The number of ether oxygens (including phenoxy) is 2. The largest absolute Gasteiger partial charge is 0.472 e. The molecule has 0 aliphatic heterocycles. The Morgan fingerprint density at radius 3 is 1.98 bits per heavy atom. The van der Waals surface area contributed by atoms with E-state index in [1.165, 1.54) is 19.3 Å². The lowest BCUT2D eigenvalue weighted by Gasteiger charge is -2.19. The van der Waals surface area contributed by atoms with Gasteiger partial charge in [-0.3, -0.25) is 23.4 Å². The second-order valence-corrected chi connectivity index (χ2v) is 16.1. The van der Waals surface area contributed by atoms with Gasteiger partial charge in [0.05, 0.1) is 25.4 Å². The number of nitrogens with two attached hydrogens (primary N) is 1. The van der Waals surface area contributed by atoms with Crippen LogP contribution >= 0.6 is 7.82 Å². The Labute approximate surface area is 348 Å². The fourth-order valence-corrected chi connectivity index (χ4v) is 6.90.